The number of hydrogen-bond acceptors (Lipinski definition) is 4. The van der Waals surface area contributed by atoms with E-state index < -0.39 is 6.04 Å². The average molecular weight is 326 g/mol. The molecule has 1 unspecified atom stereocenters. The number of ether oxygens (including phenoxy) is 1. The van der Waals surface area contributed by atoms with E-state index >= 15 is 0 Å². The fourth-order valence-electron chi connectivity index (χ4n) is 2.05. The summed E-state index contributed by atoms with van der Waals surface area (Å²) in [4.78, 5) is 12.4. The molecule has 0 bridgehead atoms. The number of nitrogens with two attached hydrogens (primary N) is 1. The van der Waals surface area contributed by atoms with Crippen molar-refractivity contribution in [3.05, 3.63) is 66.2 Å². The maximum Gasteiger partial charge on any atom is 0.137 e. The summed E-state index contributed by atoms with van der Waals surface area (Å²) in [5, 5.41) is 0. The molecule has 4 heteroatoms. The summed E-state index contributed by atoms with van der Waals surface area (Å²) < 4.78 is 5.03. The minimum absolute atomic E-state index is 0.403. The van der Waals surface area contributed by atoms with Crippen molar-refractivity contribution in [1.29, 1.82) is 0 Å². The lowest BCUT2D eigenvalue weighted by molar-refractivity contribution is -0.108. The van der Waals surface area contributed by atoms with Crippen molar-refractivity contribution in [2.45, 2.75) is 12.5 Å². The van der Waals surface area contributed by atoms with E-state index in [0.717, 1.165) is 23.2 Å². The monoisotopic (exact) mass is 326 g/mol. The van der Waals surface area contributed by atoms with E-state index in [1.54, 1.807) is 13.2 Å². The van der Waals surface area contributed by atoms with Gasteiger partial charge in [0.2, 0.25) is 0 Å². The zero-order valence-corrected chi connectivity index (χ0v) is 14.6. The van der Waals surface area contributed by atoms with Crippen LogP contribution in [0.15, 0.2) is 55.1 Å². The Morgan fingerprint density at radius 2 is 1.88 bits per heavy atom. The number of rotatable bonds is 6. The van der Waals surface area contributed by atoms with Gasteiger partial charge in [0.25, 0.3) is 0 Å². The van der Waals surface area contributed by atoms with Crippen LogP contribution in [0.1, 0.15) is 11.1 Å². The second-order valence-corrected chi connectivity index (χ2v) is 5.55. The highest BCUT2D eigenvalue weighted by molar-refractivity contribution is 5.58. The largest absolute Gasteiger partial charge is 0.497 e. The minimum atomic E-state index is -0.403. The number of aldehydes is 1. The molecule has 2 aromatic carbocycles. The molecule has 0 aromatic heterocycles. The van der Waals surface area contributed by atoms with Crippen molar-refractivity contribution in [1.82, 2.24) is 0 Å². The standard InChI is InChI=1S/C11H13NO.C9H13NO/c1-2-9-4-3-5-10(6-9)7-11(12)8-13;1-10(2)8-4-6-9(11-3)7-5-8/h2-6,8,11H,1,7,12H2;4-7H,1-3H3. The summed E-state index contributed by atoms with van der Waals surface area (Å²) in [7, 11) is 5.70. The molecule has 0 fully saturated rings. The number of carbonyl (C=O) groups is 1. The Kier molecular flexibility index (Phi) is 8.30. The molecule has 1 atom stereocenters. The summed E-state index contributed by atoms with van der Waals surface area (Å²) in [5.74, 6) is 0.899. The fourth-order valence-corrected chi connectivity index (χ4v) is 2.05. The Balaban J connectivity index is 0.000000243. The lowest BCUT2D eigenvalue weighted by Crippen LogP contribution is -2.23. The average Bonchev–Trinajstić information content (AvgIpc) is 2.62. The smallest absolute Gasteiger partial charge is 0.137 e. The Bertz CT molecular complexity index is 636. The first kappa shape index (κ1) is 19.5. The molecule has 24 heavy (non-hydrogen) atoms. The molecule has 0 aliphatic carbocycles. The number of hydrogen-bond donors (Lipinski definition) is 1. The molecule has 128 valence electrons. The summed E-state index contributed by atoms with van der Waals surface area (Å²) in [6.07, 6.45) is 3.13. The van der Waals surface area contributed by atoms with Crippen LogP contribution in [0.5, 0.6) is 5.75 Å². The van der Waals surface area contributed by atoms with Gasteiger partial charge in [-0.2, -0.15) is 0 Å². The van der Waals surface area contributed by atoms with Gasteiger partial charge in [0.15, 0.2) is 0 Å². The predicted octanol–water partition coefficient (Wildman–Crippen LogP) is 3.16. The molecule has 2 N–H and O–H groups in total. The number of benzene rings is 2. The molecule has 0 spiro atoms. The molecule has 0 saturated carbocycles. The van der Waals surface area contributed by atoms with Crippen LogP contribution in [-0.2, 0) is 11.2 Å². The van der Waals surface area contributed by atoms with Gasteiger partial charge in [-0.05, 0) is 41.8 Å². The molecule has 0 aliphatic heterocycles. The second-order valence-electron chi connectivity index (χ2n) is 5.55. The van der Waals surface area contributed by atoms with E-state index in [1.165, 1.54) is 5.69 Å². The van der Waals surface area contributed by atoms with Gasteiger partial charge in [0.1, 0.15) is 12.0 Å². The summed E-state index contributed by atoms with van der Waals surface area (Å²) in [5.41, 5.74) is 8.81. The van der Waals surface area contributed by atoms with E-state index in [0.29, 0.717) is 6.42 Å². The lowest BCUT2D eigenvalue weighted by Gasteiger charge is -2.11. The molecule has 4 nitrogen and oxygen atoms in total. The summed E-state index contributed by atoms with van der Waals surface area (Å²) in [6.45, 7) is 3.67. The molecule has 2 aromatic rings. The van der Waals surface area contributed by atoms with Gasteiger partial charge in [0.05, 0.1) is 13.2 Å². The van der Waals surface area contributed by atoms with Crippen molar-refractivity contribution >= 4 is 18.0 Å². The van der Waals surface area contributed by atoms with Crippen LogP contribution in [0, 0.1) is 0 Å². The Hall–Kier alpha value is -2.59. The minimum Gasteiger partial charge on any atom is -0.497 e. The maximum absolute atomic E-state index is 10.3. The van der Waals surface area contributed by atoms with Gasteiger partial charge in [-0.1, -0.05) is 36.9 Å². The van der Waals surface area contributed by atoms with Crippen molar-refractivity contribution in [2.75, 3.05) is 26.1 Å². The first-order valence-electron chi connectivity index (χ1n) is 7.73. The zero-order chi connectivity index (χ0) is 17.9. The number of anilines is 1. The summed E-state index contributed by atoms with van der Waals surface area (Å²) in [6, 6.07) is 15.4. The highest BCUT2D eigenvalue weighted by Gasteiger charge is 2.01. The van der Waals surface area contributed by atoms with E-state index in [1.807, 2.05) is 62.6 Å². The third-order valence-corrected chi connectivity index (χ3v) is 3.42. The Morgan fingerprint density at radius 3 is 2.38 bits per heavy atom. The highest BCUT2D eigenvalue weighted by Crippen LogP contribution is 2.16. The van der Waals surface area contributed by atoms with E-state index in [9.17, 15) is 4.79 Å². The lowest BCUT2D eigenvalue weighted by atomic mass is 10.0. The van der Waals surface area contributed by atoms with Crippen LogP contribution in [0.4, 0.5) is 5.69 Å². The molecule has 0 saturated heterocycles. The SMILES string of the molecule is C=Cc1cccc(CC(N)C=O)c1.COc1ccc(N(C)C)cc1. The quantitative estimate of drug-likeness (QED) is 0.829. The zero-order valence-electron chi connectivity index (χ0n) is 14.6. The van der Waals surface area contributed by atoms with Crippen LogP contribution in [0.2, 0.25) is 0 Å². The first-order valence-corrected chi connectivity index (χ1v) is 7.73. The van der Waals surface area contributed by atoms with Gasteiger partial charge in [-0.15, -0.1) is 0 Å². The molecule has 0 aliphatic rings. The Labute approximate surface area is 144 Å². The maximum atomic E-state index is 10.3. The van der Waals surface area contributed by atoms with Gasteiger partial charge in [0, 0.05) is 19.8 Å². The van der Waals surface area contributed by atoms with Gasteiger partial charge in [-0.25, -0.2) is 0 Å². The van der Waals surface area contributed by atoms with Crippen LogP contribution < -0.4 is 15.4 Å². The fraction of sp³-hybridized carbons (Fsp3) is 0.250. The topological polar surface area (TPSA) is 55.6 Å². The second kappa shape index (κ2) is 10.2. The van der Waals surface area contributed by atoms with Crippen LogP contribution >= 0.6 is 0 Å². The van der Waals surface area contributed by atoms with Crippen LogP contribution in [-0.4, -0.2) is 33.5 Å². The van der Waals surface area contributed by atoms with Gasteiger partial charge in [-0.3, -0.25) is 0 Å². The summed E-state index contributed by atoms with van der Waals surface area (Å²) >= 11 is 0. The molecule has 0 heterocycles. The molecule has 0 amide bonds. The highest BCUT2D eigenvalue weighted by atomic mass is 16.5. The van der Waals surface area contributed by atoms with E-state index in [2.05, 4.69) is 11.5 Å². The van der Waals surface area contributed by atoms with E-state index in [4.69, 9.17) is 10.5 Å². The molecular weight excluding hydrogens is 300 g/mol. The number of methoxy groups -OCH3 is 1. The van der Waals surface area contributed by atoms with Crippen molar-refractivity contribution in [2.24, 2.45) is 5.73 Å². The third-order valence-electron chi connectivity index (χ3n) is 3.42. The number of nitrogens with zero attached hydrogens (tertiary/aromatic N) is 1. The third kappa shape index (κ3) is 6.67. The van der Waals surface area contributed by atoms with E-state index in [-0.39, 0.29) is 0 Å². The predicted molar refractivity (Wildman–Crippen MR) is 102 cm³/mol. The van der Waals surface area contributed by atoms with Crippen LogP contribution in [0.25, 0.3) is 6.08 Å². The van der Waals surface area contributed by atoms with Crippen molar-refractivity contribution in [3.63, 3.8) is 0 Å². The Morgan fingerprint density at radius 1 is 1.21 bits per heavy atom. The van der Waals surface area contributed by atoms with Gasteiger partial charge >= 0.3 is 0 Å². The molecule has 2 rings (SSSR count). The number of carbonyl (C=O) groups excluding carboxylic acids is 1. The normalized spacial score (nSPS) is 10.8. The van der Waals surface area contributed by atoms with Crippen LogP contribution in [0.3, 0.4) is 0 Å². The van der Waals surface area contributed by atoms with Crippen molar-refractivity contribution in [3.8, 4) is 5.75 Å². The van der Waals surface area contributed by atoms with Gasteiger partial charge < -0.3 is 20.2 Å². The molecular formula is C20H26N2O2. The molecule has 0 radical (unpaired) electrons. The van der Waals surface area contributed by atoms with Crippen molar-refractivity contribution < 1.29 is 9.53 Å². The first-order chi connectivity index (χ1) is 11.5.